The highest BCUT2D eigenvalue weighted by molar-refractivity contribution is 7.66. The molecule has 1 aliphatic heterocycles. The molecule has 0 radical (unpaired) electrons. The molecule has 0 spiro atoms. The fourth-order valence-electron chi connectivity index (χ4n) is 3.04. The lowest BCUT2D eigenvalue weighted by Gasteiger charge is -2.19. The summed E-state index contributed by atoms with van der Waals surface area (Å²) in [5.74, 6) is 0. The van der Waals surface area contributed by atoms with Gasteiger partial charge in [0.05, 0.1) is 24.7 Å². The Morgan fingerprint density at radius 3 is 2.50 bits per heavy atom. The number of rotatable bonds is 10. The van der Waals surface area contributed by atoms with Gasteiger partial charge in [-0.05, 0) is 6.42 Å². The molecule has 32 heavy (non-hydrogen) atoms. The number of hydrogen-bond acceptors (Lipinski definition) is 11. The van der Waals surface area contributed by atoms with Gasteiger partial charge in [-0.2, -0.15) is 8.62 Å². The van der Waals surface area contributed by atoms with Crippen LogP contribution in [0.25, 0.3) is 11.2 Å². The Morgan fingerprint density at radius 1 is 1.12 bits per heavy atom. The molecule has 19 heteroatoms. The zero-order valence-corrected chi connectivity index (χ0v) is 19.1. The summed E-state index contributed by atoms with van der Waals surface area (Å²) in [7, 11) is -16.5. The number of hydrogen-bond donors (Lipinski definition) is 5. The number of aryl methyl sites for hydroxylation is 1. The van der Waals surface area contributed by atoms with E-state index in [9.17, 15) is 23.7 Å². The maximum absolute atomic E-state index is 11.8. The van der Waals surface area contributed by atoms with E-state index in [0.29, 0.717) is 17.6 Å². The number of aliphatic hydroxyl groups excluding tert-OH is 1. The quantitative estimate of drug-likeness (QED) is 0.273. The van der Waals surface area contributed by atoms with E-state index in [1.165, 1.54) is 12.7 Å². The molecule has 0 aromatic carbocycles. The van der Waals surface area contributed by atoms with Gasteiger partial charge >= 0.3 is 23.5 Å². The number of aromatic nitrogens is 4. The summed E-state index contributed by atoms with van der Waals surface area (Å²) >= 11 is 0. The van der Waals surface area contributed by atoms with Gasteiger partial charge in [0.2, 0.25) is 0 Å². The van der Waals surface area contributed by atoms with E-state index in [-0.39, 0.29) is 6.42 Å². The van der Waals surface area contributed by atoms with Crippen molar-refractivity contribution in [1.29, 1.82) is 0 Å². The van der Waals surface area contributed by atoms with Gasteiger partial charge in [0.15, 0.2) is 5.65 Å². The summed E-state index contributed by atoms with van der Waals surface area (Å²) in [5, 5.41) is 10.2. The standard InChI is InChI=1S/C13H21N4O12P3/c1-2-3-8-12-13(15-6-14-8)17(7-16-12)11-4-9(18)10(27-11)5-26-31(22,23)29-32(24,25)28-30(19,20)21/h6-7,9-11,18H,2-5H2,1H3,(H,22,23)(H,24,25)(H2,19,20,21). The van der Waals surface area contributed by atoms with E-state index in [2.05, 4.69) is 28.1 Å². The number of phosphoric acid groups is 3. The van der Waals surface area contributed by atoms with Gasteiger partial charge in [0.1, 0.15) is 24.2 Å². The smallest absolute Gasteiger partial charge is 0.390 e. The zero-order valence-electron chi connectivity index (χ0n) is 16.4. The highest BCUT2D eigenvalue weighted by Gasteiger charge is 2.43. The molecule has 2 aromatic heterocycles. The molecule has 5 N–H and O–H groups in total. The van der Waals surface area contributed by atoms with E-state index in [4.69, 9.17) is 19.4 Å². The molecule has 5 unspecified atom stereocenters. The lowest BCUT2D eigenvalue weighted by Crippen LogP contribution is -2.26. The van der Waals surface area contributed by atoms with Crippen molar-refractivity contribution in [2.75, 3.05) is 6.61 Å². The highest BCUT2D eigenvalue weighted by Crippen LogP contribution is 2.66. The molecule has 0 amide bonds. The minimum Gasteiger partial charge on any atom is -0.390 e. The van der Waals surface area contributed by atoms with Crippen molar-refractivity contribution in [3.63, 3.8) is 0 Å². The molecule has 0 aliphatic carbocycles. The van der Waals surface area contributed by atoms with Crippen molar-refractivity contribution in [2.24, 2.45) is 0 Å². The van der Waals surface area contributed by atoms with Crippen molar-refractivity contribution >= 4 is 34.6 Å². The second-order valence-electron chi connectivity index (χ2n) is 6.71. The first kappa shape index (κ1) is 25.5. The summed E-state index contributed by atoms with van der Waals surface area (Å²) in [6.07, 6.45) is 1.34. The Bertz CT molecular complexity index is 1110. The van der Waals surface area contributed by atoms with Gasteiger partial charge in [0.25, 0.3) is 0 Å². The van der Waals surface area contributed by atoms with Gasteiger partial charge in [0, 0.05) is 6.42 Å². The van der Waals surface area contributed by atoms with Gasteiger partial charge in [-0.25, -0.2) is 28.6 Å². The Labute approximate surface area is 180 Å². The van der Waals surface area contributed by atoms with Crippen molar-refractivity contribution < 1.29 is 56.3 Å². The Hall–Kier alpha value is -1.12. The molecule has 1 saturated heterocycles. The highest BCUT2D eigenvalue weighted by atomic mass is 31.3. The third-order valence-corrected chi connectivity index (χ3v) is 8.06. The van der Waals surface area contributed by atoms with E-state index in [1.54, 1.807) is 4.57 Å². The lowest BCUT2D eigenvalue weighted by atomic mass is 10.2. The molecule has 1 aliphatic rings. The van der Waals surface area contributed by atoms with Crippen LogP contribution in [0.2, 0.25) is 0 Å². The molecular weight excluding hydrogens is 497 g/mol. The molecule has 0 bridgehead atoms. The van der Waals surface area contributed by atoms with E-state index in [1.807, 2.05) is 6.92 Å². The Balaban J connectivity index is 1.65. The molecule has 180 valence electrons. The van der Waals surface area contributed by atoms with Crippen LogP contribution in [0.5, 0.6) is 0 Å². The Kier molecular flexibility index (Phi) is 7.67. The van der Waals surface area contributed by atoms with Crippen LogP contribution in [0, 0.1) is 0 Å². The largest absolute Gasteiger partial charge is 0.490 e. The number of ether oxygens (including phenoxy) is 1. The van der Waals surface area contributed by atoms with Crippen LogP contribution < -0.4 is 0 Å². The molecule has 1 fully saturated rings. The minimum atomic E-state index is -5.63. The summed E-state index contributed by atoms with van der Waals surface area (Å²) < 4.78 is 52.8. The van der Waals surface area contributed by atoms with Gasteiger partial charge < -0.3 is 29.4 Å². The molecule has 16 nitrogen and oxygen atoms in total. The summed E-state index contributed by atoms with van der Waals surface area (Å²) in [5.41, 5.74) is 1.79. The maximum atomic E-state index is 11.8. The third-order valence-electron chi connectivity index (χ3n) is 4.25. The Morgan fingerprint density at radius 2 is 1.84 bits per heavy atom. The second kappa shape index (κ2) is 9.63. The minimum absolute atomic E-state index is 0.0446. The molecule has 0 saturated carbocycles. The normalized spacial score (nSPS) is 25.6. The van der Waals surface area contributed by atoms with E-state index >= 15 is 0 Å². The summed E-state index contributed by atoms with van der Waals surface area (Å²) in [6.45, 7) is 1.23. The van der Waals surface area contributed by atoms with Crippen LogP contribution in [-0.4, -0.2) is 63.0 Å². The van der Waals surface area contributed by atoms with Crippen molar-refractivity contribution in [1.82, 2.24) is 19.5 Å². The molecule has 5 atom stereocenters. The van der Waals surface area contributed by atoms with Crippen LogP contribution in [0.1, 0.15) is 31.7 Å². The third kappa shape index (κ3) is 6.48. The van der Waals surface area contributed by atoms with Crippen molar-refractivity contribution in [2.45, 2.75) is 44.6 Å². The predicted octanol–water partition coefficient (Wildman–Crippen LogP) is 0.770. The van der Waals surface area contributed by atoms with Crippen LogP contribution in [0.3, 0.4) is 0 Å². The molecule has 3 heterocycles. The predicted molar refractivity (Wildman–Crippen MR) is 104 cm³/mol. The fraction of sp³-hybridized carbons (Fsp3) is 0.615. The maximum Gasteiger partial charge on any atom is 0.490 e. The second-order valence-corrected chi connectivity index (χ2v) is 11.1. The average molecular weight is 518 g/mol. The zero-order chi connectivity index (χ0) is 23.7. The number of nitrogens with zero attached hydrogens (tertiary/aromatic N) is 4. The first-order chi connectivity index (χ1) is 14.8. The molecule has 3 rings (SSSR count). The number of phosphoric ester groups is 1. The topological polar surface area (TPSA) is 233 Å². The lowest BCUT2D eigenvalue weighted by molar-refractivity contribution is -0.0423. The molecule has 2 aromatic rings. The average Bonchev–Trinajstić information content (AvgIpc) is 3.21. The molecular formula is C13H21N4O12P3. The van der Waals surface area contributed by atoms with Crippen molar-refractivity contribution in [3.8, 4) is 0 Å². The van der Waals surface area contributed by atoms with Crippen LogP contribution in [0.4, 0.5) is 0 Å². The first-order valence-corrected chi connectivity index (χ1v) is 13.6. The van der Waals surface area contributed by atoms with Crippen LogP contribution in [-0.2, 0) is 38.0 Å². The number of imidazole rings is 1. The van der Waals surface area contributed by atoms with Gasteiger partial charge in [-0.3, -0.25) is 9.09 Å². The van der Waals surface area contributed by atoms with Crippen molar-refractivity contribution in [3.05, 3.63) is 18.3 Å². The number of aliphatic hydroxyl groups is 1. The van der Waals surface area contributed by atoms with Gasteiger partial charge in [-0.15, -0.1) is 0 Å². The fourth-order valence-corrected chi connectivity index (χ4v) is 6.07. The van der Waals surface area contributed by atoms with Crippen LogP contribution in [0.15, 0.2) is 12.7 Å². The van der Waals surface area contributed by atoms with E-state index < -0.39 is 48.5 Å². The van der Waals surface area contributed by atoms with Gasteiger partial charge in [-0.1, -0.05) is 13.3 Å². The summed E-state index contributed by atoms with van der Waals surface area (Å²) in [6, 6.07) is 0. The first-order valence-electron chi connectivity index (χ1n) is 9.08. The van der Waals surface area contributed by atoms with Crippen LogP contribution >= 0.6 is 23.5 Å². The van der Waals surface area contributed by atoms with E-state index in [0.717, 1.165) is 12.1 Å². The summed E-state index contributed by atoms with van der Waals surface area (Å²) in [4.78, 5) is 48.4. The SMILES string of the molecule is CCCc1ncnc2c1ncn2C1CC(O)C(COP(=O)(O)OP(=O)(O)OP(=O)(O)O)O1. The number of fused-ring (bicyclic) bond motifs is 1. The monoisotopic (exact) mass is 518 g/mol.